The van der Waals surface area contributed by atoms with E-state index in [9.17, 15) is 20.1 Å². The molecule has 0 amide bonds. The van der Waals surface area contributed by atoms with Crippen LogP contribution in [0.2, 0.25) is 0 Å². The smallest absolute Gasteiger partial charge is 0.193 e. The number of phenols is 3. The highest BCUT2D eigenvalue weighted by Crippen LogP contribution is 2.48. The van der Waals surface area contributed by atoms with Gasteiger partial charge >= 0.3 is 0 Å². The Morgan fingerprint density at radius 3 is 2.41 bits per heavy atom. The molecule has 0 aliphatic carbocycles. The van der Waals surface area contributed by atoms with Crippen molar-refractivity contribution in [3.63, 3.8) is 0 Å². The minimum atomic E-state index is -0.585. The van der Waals surface area contributed by atoms with Gasteiger partial charge in [0.2, 0.25) is 0 Å². The third kappa shape index (κ3) is 4.49. The lowest BCUT2D eigenvalue weighted by atomic mass is 9.91. The van der Waals surface area contributed by atoms with Gasteiger partial charge in [0, 0.05) is 5.56 Å². The summed E-state index contributed by atoms with van der Waals surface area (Å²) in [7, 11) is 1.42. The summed E-state index contributed by atoms with van der Waals surface area (Å²) < 4.78 is 11.7. The summed E-state index contributed by atoms with van der Waals surface area (Å²) >= 11 is 0. The van der Waals surface area contributed by atoms with Crippen LogP contribution in [0, 0.1) is 0 Å². The Hall–Kier alpha value is -3.67. The van der Waals surface area contributed by atoms with Crippen LogP contribution in [0.3, 0.4) is 0 Å². The van der Waals surface area contributed by atoms with E-state index in [4.69, 9.17) is 9.47 Å². The number of ether oxygens (including phenoxy) is 2. The van der Waals surface area contributed by atoms with Crippen LogP contribution in [0.4, 0.5) is 0 Å². The van der Waals surface area contributed by atoms with Gasteiger partial charge in [0.05, 0.1) is 18.2 Å². The van der Waals surface area contributed by atoms with Crippen LogP contribution in [0.1, 0.15) is 54.7 Å². The molecule has 32 heavy (non-hydrogen) atoms. The van der Waals surface area contributed by atoms with E-state index in [-0.39, 0.29) is 34.1 Å². The lowest BCUT2D eigenvalue weighted by molar-refractivity contribution is 0.104. The molecule has 2 aromatic carbocycles. The number of hydrogen-bond acceptors (Lipinski definition) is 6. The van der Waals surface area contributed by atoms with Crippen molar-refractivity contribution in [2.75, 3.05) is 7.11 Å². The molecule has 6 nitrogen and oxygen atoms in total. The fraction of sp³-hybridized carbons (Fsp3) is 0.269. The van der Waals surface area contributed by atoms with Gasteiger partial charge in [-0.1, -0.05) is 17.7 Å². The molecular weight excluding hydrogens is 408 g/mol. The van der Waals surface area contributed by atoms with E-state index in [0.29, 0.717) is 23.3 Å². The van der Waals surface area contributed by atoms with Crippen molar-refractivity contribution in [3.05, 3.63) is 64.3 Å². The third-order valence-electron chi connectivity index (χ3n) is 5.16. The zero-order valence-electron chi connectivity index (χ0n) is 18.9. The molecule has 6 heteroatoms. The third-order valence-corrected chi connectivity index (χ3v) is 5.16. The molecule has 0 bridgehead atoms. The van der Waals surface area contributed by atoms with Gasteiger partial charge in [-0.15, -0.1) is 0 Å². The van der Waals surface area contributed by atoms with E-state index < -0.39 is 11.4 Å². The maximum atomic E-state index is 13.2. The number of rotatable bonds is 6. The van der Waals surface area contributed by atoms with Crippen molar-refractivity contribution < 1.29 is 29.6 Å². The number of ketones is 1. The van der Waals surface area contributed by atoms with E-state index in [1.54, 1.807) is 0 Å². The molecule has 0 saturated heterocycles. The lowest BCUT2D eigenvalue weighted by Gasteiger charge is -2.31. The molecule has 1 aliphatic heterocycles. The highest BCUT2D eigenvalue weighted by molar-refractivity contribution is 6.12. The maximum Gasteiger partial charge on any atom is 0.193 e. The second kappa shape index (κ2) is 8.83. The van der Waals surface area contributed by atoms with Crippen molar-refractivity contribution in [3.8, 4) is 28.7 Å². The summed E-state index contributed by atoms with van der Waals surface area (Å²) in [6.45, 7) is 7.71. The summed E-state index contributed by atoms with van der Waals surface area (Å²) in [5.74, 6) is -0.427. The van der Waals surface area contributed by atoms with E-state index in [1.165, 1.54) is 37.5 Å². The maximum absolute atomic E-state index is 13.2. The first-order chi connectivity index (χ1) is 15.1. The number of carbonyl (C=O) groups is 1. The van der Waals surface area contributed by atoms with Gasteiger partial charge < -0.3 is 24.8 Å². The van der Waals surface area contributed by atoms with Crippen molar-refractivity contribution in [1.29, 1.82) is 0 Å². The Morgan fingerprint density at radius 1 is 1.16 bits per heavy atom. The SMILES string of the molecule is COc1c2c(c(CC=C(C)C)c(O)c1C(=O)/C=C/c1c(O)cccc1O)OC(C)(C)C=C2. The molecule has 3 N–H and O–H groups in total. The molecule has 0 atom stereocenters. The molecule has 0 aromatic heterocycles. The van der Waals surface area contributed by atoms with Gasteiger partial charge in [0.15, 0.2) is 5.78 Å². The molecule has 0 spiro atoms. The van der Waals surface area contributed by atoms with Gasteiger partial charge in [-0.25, -0.2) is 0 Å². The van der Waals surface area contributed by atoms with Crippen LogP contribution in [0.15, 0.2) is 42.0 Å². The topological polar surface area (TPSA) is 96.2 Å². The second-order valence-electron chi connectivity index (χ2n) is 8.41. The Morgan fingerprint density at radius 2 is 1.81 bits per heavy atom. The Kier molecular flexibility index (Phi) is 6.35. The van der Waals surface area contributed by atoms with Gasteiger partial charge in [-0.3, -0.25) is 4.79 Å². The van der Waals surface area contributed by atoms with Gasteiger partial charge in [-0.2, -0.15) is 0 Å². The summed E-state index contributed by atoms with van der Waals surface area (Å²) in [5.41, 5.74) is 1.63. The number of fused-ring (bicyclic) bond motifs is 1. The molecule has 168 valence electrons. The van der Waals surface area contributed by atoms with E-state index in [2.05, 4.69) is 0 Å². The van der Waals surface area contributed by atoms with Gasteiger partial charge in [0.25, 0.3) is 0 Å². The minimum absolute atomic E-state index is 0.0116. The van der Waals surface area contributed by atoms with Gasteiger partial charge in [0.1, 0.15) is 39.9 Å². The Bertz CT molecular complexity index is 1130. The normalized spacial score (nSPS) is 14.0. The average Bonchev–Trinajstić information content (AvgIpc) is 2.71. The average molecular weight is 437 g/mol. The number of hydrogen-bond donors (Lipinski definition) is 3. The van der Waals surface area contributed by atoms with Crippen LogP contribution >= 0.6 is 0 Å². The van der Waals surface area contributed by atoms with Crippen LogP contribution in [0.5, 0.6) is 28.7 Å². The number of allylic oxidation sites excluding steroid dienone is 3. The zero-order valence-corrected chi connectivity index (χ0v) is 18.9. The number of carbonyl (C=O) groups excluding carboxylic acids is 1. The van der Waals surface area contributed by atoms with E-state index in [1.807, 2.05) is 45.9 Å². The van der Waals surface area contributed by atoms with Crippen molar-refractivity contribution in [2.24, 2.45) is 0 Å². The fourth-order valence-corrected chi connectivity index (χ4v) is 3.51. The summed E-state index contributed by atoms with van der Waals surface area (Å²) in [5, 5.41) is 31.1. The molecule has 0 saturated carbocycles. The molecule has 1 heterocycles. The van der Waals surface area contributed by atoms with E-state index >= 15 is 0 Å². The molecule has 0 unspecified atom stereocenters. The first kappa shape index (κ1) is 23.0. The fourth-order valence-electron chi connectivity index (χ4n) is 3.51. The summed E-state index contributed by atoms with van der Waals surface area (Å²) in [6.07, 6.45) is 8.49. The van der Waals surface area contributed by atoms with Crippen molar-refractivity contribution in [2.45, 2.75) is 39.7 Å². The Labute approximate surface area is 187 Å². The number of phenolic OH excluding ortho intramolecular Hbond substituents is 3. The summed E-state index contributed by atoms with van der Waals surface area (Å²) in [4.78, 5) is 13.2. The van der Waals surface area contributed by atoms with Crippen molar-refractivity contribution in [1.82, 2.24) is 0 Å². The van der Waals surface area contributed by atoms with Crippen molar-refractivity contribution >= 4 is 17.9 Å². The predicted molar refractivity (Wildman–Crippen MR) is 125 cm³/mol. The number of benzene rings is 2. The number of methoxy groups -OCH3 is 1. The molecule has 0 radical (unpaired) electrons. The quantitative estimate of drug-likeness (QED) is 0.319. The lowest BCUT2D eigenvalue weighted by Crippen LogP contribution is -2.28. The molecule has 2 aromatic rings. The van der Waals surface area contributed by atoms with Crippen LogP contribution in [-0.4, -0.2) is 33.8 Å². The van der Waals surface area contributed by atoms with E-state index in [0.717, 1.165) is 5.57 Å². The standard InChI is InChI=1S/C26H28O6/c1-15(2)9-10-17-23(30)22(21(29)12-11-16-19(27)7-6-8-20(16)28)25(31-5)18-13-14-26(3,4)32-24(17)18/h6-9,11-14,27-28,30H,10H2,1-5H3/b12-11+. The Balaban J connectivity index is 2.19. The molecule has 0 fully saturated rings. The molecular formula is C26H28O6. The van der Waals surface area contributed by atoms with Crippen LogP contribution in [-0.2, 0) is 6.42 Å². The monoisotopic (exact) mass is 436 g/mol. The predicted octanol–water partition coefficient (Wildman–Crippen LogP) is 5.40. The van der Waals surface area contributed by atoms with Gasteiger partial charge in [-0.05, 0) is 70.6 Å². The highest BCUT2D eigenvalue weighted by atomic mass is 16.5. The summed E-state index contributed by atoms with van der Waals surface area (Å²) in [6, 6.07) is 4.30. The first-order valence-electron chi connectivity index (χ1n) is 10.3. The molecule has 1 aliphatic rings. The largest absolute Gasteiger partial charge is 0.507 e. The minimum Gasteiger partial charge on any atom is -0.507 e. The highest BCUT2D eigenvalue weighted by Gasteiger charge is 2.32. The second-order valence-corrected chi connectivity index (χ2v) is 8.41. The first-order valence-corrected chi connectivity index (χ1v) is 10.3. The van der Waals surface area contributed by atoms with Crippen LogP contribution < -0.4 is 9.47 Å². The van der Waals surface area contributed by atoms with Crippen LogP contribution in [0.25, 0.3) is 12.2 Å². The number of aromatic hydroxyl groups is 3. The molecule has 3 rings (SSSR count). The zero-order chi connectivity index (χ0) is 23.6.